The number of carbonyl (C=O) groups excluding carboxylic acids is 2. The molecule has 0 saturated carbocycles. The molecule has 6 heteroatoms. The van der Waals surface area contributed by atoms with Crippen molar-refractivity contribution in [1.29, 1.82) is 0 Å². The number of halogens is 1. The molecule has 3 rings (SSSR count). The van der Waals surface area contributed by atoms with Crippen LogP contribution in [0.2, 0.25) is 5.02 Å². The van der Waals surface area contributed by atoms with Gasteiger partial charge in [0.1, 0.15) is 17.5 Å². The summed E-state index contributed by atoms with van der Waals surface area (Å²) in [5.41, 5.74) is 0.538. The smallest absolute Gasteiger partial charge is 0.251 e. The van der Waals surface area contributed by atoms with Crippen molar-refractivity contribution in [3.63, 3.8) is 0 Å². The molecule has 0 saturated heterocycles. The van der Waals surface area contributed by atoms with Crippen LogP contribution in [0.4, 0.5) is 0 Å². The number of carbonyl (C=O) groups is 2. The molecule has 1 heterocycles. The number of fused-ring (bicyclic) bond motifs is 1. The van der Waals surface area contributed by atoms with E-state index in [0.717, 1.165) is 0 Å². The highest BCUT2D eigenvalue weighted by Crippen LogP contribution is 2.40. The number of ketones is 1. The maximum Gasteiger partial charge on any atom is 0.251 e. The van der Waals surface area contributed by atoms with Gasteiger partial charge in [-0.1, -0.05) is 17.7 Å². The fourth-order valence-electron chi connectivity index (χ4n) is 3.03. The minimum Gasteiger partial charge on any atom is -0.485 e. The first-order valence-corrected chi connectivity index (χ1v) is 8.65. The highest BCUT2D eigenvalue weighted by Gasteiger charge is 2.43. The third-order valence-electron chi connectivity index (χ3n) is 4.53. The van der Waals surface area contributed by atoms with E-state index in [2.05, 4.69) is 5.32 Å². The van der Waals surface area contributed by atoms with Crippen LogP contribution < -0.4 is 10.1 Å². The first-order valence-electron chi connectivity index (χ1n) is 8.27. The summed E-state index contributed by atoms with van der Waals surface area (Å²) in [7, 11) is 0. The van der Waals surface area contributed by atoms with Crippen molar-refractivity contribution >= 4 is 23.3 Å². The number of Topliss-reactive ketones (excluding diaryl/α,β-unsaturated/α-hetero) is 1. The first-order chi connectivity index (χ1) is 12.2. The van der Waals surface area contributed by atoms with E-state index in [1.54, 1.807) is 56.3 Å². The summed E-state index contributed by atoms with van der Waals surface area (Å²) in [5, 5.41) is 14.1. The van der Waals surface area contributed by atoms with Gasteiger partial charge < -0.3 is 15.2 Å². The van der Waals surface area contributed by atoms with E-state index in [1.807, 2.05) is 0 Å². The van der Waals surface area contributed by atoms with Crippen molar-refractivity contribution in [2.75, 3.05) is 0 Å². The van der Waals surface area contributed by atoms with Gasteiger partial charge in [0.2, 0.25) is 0 Å². The maximum atomic E-state index is 12.7. The minimum absolute atomic E-state index is 0.105. The van der Waals surface area contributed by atoms with Crippen LogP contribution in [0.15, 0.2) is 42.5 Å². The zero-order valence-electron chi connectivity index (χ0n) is 14.7. The van der Waals surface area contributed by atoms with Gasteiger partial charge in [-0.15, -0.1) is 0 Å². The lowest BCUT2D eigenvalue weighted by atomic mass is 9.85. The lowest BCUT2D eigenvalue weighted by molar-refractivity contribution is -0.0627. The maximum absolute atomic E-state index is 12.7. The molecule has 26 heavy (non-hydrogen) atoms. The van der Waals surface area contributed by atoms with Gasteiger partial charge in [0.25, 0.3) is 5.91 Å². The van der Waals surface area contributed by atoms with Gasteiger partial charge in [0.05, 0.1) is 6.04 Å². The summed E-state index contributed by atoms with van der Waals surface area (Å²) in [6.45, 7) is 4.96. The van der Waals surface area contributed by atoms with Gasteiger partial charge in [-0.25, -0.2) is 0 Å². The molecule has 0 aromatic heterocycles. The molecule has 2 N–H and O–H groups in total. The molecule has 5 nitrogen and oxygen atoms in total. The Bertz CT molecular complexity index is 878. The fraction of sp³-hybridized carbons (Fsp3) is 0.300. The number of amides is 1. The predicted molar refractivity (Wildman–Crippen MR) is 98.8 cm³/mol. The molecule has 0 radical (unpaired) electrons. The van der Waals surface area contributed by atoms with Crippen molar-refractivity contribution in [2.45, 2.75) is 38.5 Å². The van der Waals surface area contributed by atoms with Crippen molar-refractivity contribution in [2.24, 2.45) is 0 Å². The third kappa shape index (κ3) is 3.45. The Morgan fingerprint density at radius 1 is 1.15 bits per heavy atom. The first kappa shape index (κ1) is 18.4. The van der Waals surface area contributed by atoms with Crippen molar-refractivity contribution in [3.05, 3.63) is 64.2 Å². The molecule has 136 valence electrons. The molecule has 0 spiro atoms. The number of benzene rings is 2. The Labute approximate surface area is 156 Å². The molecule has 0 bridgehead atoms. The molecule has 0 aliphatic carbocycles. The lowest BCUT2D eigenvalue weighted by Crippen LogP contribution is -2.53. The van der Waals surface area contributed by atoms with Crippen molar-refractivity contribution in [3.8, 4) is 5.75 Å². The minimum atomic E-state index is -1.000. The Morgan fingerprint density at radius 2 is 1.88 bits per heavy atom. The van der Waals surface area contributed by atoms with Crippen LogP contribution in [0.1, 0.15) is 53.1 Å². The van der Waals surface area contributed by atoms with E-state index < -0.39 is 17.7 Å². The Morgan fingerprint density at radius 3 is 2.54 bits per heavy atom. The molecular weight excluding hydrogens is 354 g/mol. The molecule has 1 amide bonds. The zero-order chi connectivity index (χ0) is 19.1. The van der Waals surface area contributed by atoms with Crippen molar-refractivity contribution in [1.82, 2.24) is 5.32 Å². The number of ether oxygens (including phenoxy) is 1. The molecule has 0 unspecified atom stereocenters. The summed E-state index contributed by atoms with van der Waals surface area (Å²) < 4.78 is 5.87. The van der Waals surface area contributed by atoms with Gasteiger partial charge in [-0.3, -0.25) is 9.59 Å². The predicted octanol–water partition coefficient (Wildman–Crippen LogP) is 3.55. The molecule has 2 atom stereocenters. The second kappa shape index (κ2) is 6.74. The summed E-state index contributed by atoms with van der Waals surface area (Å²) >= 11 is 5.96. The molecule has 0 fully saturated rings. The lowest BCUT2D eigenvalue weighted by Gasteiger charge is -2.42. The van der Waals surface area contributed by atoms with E-state index in [9.17, 15) is 14.7 Å². The van der Waals surface area contributed by atoms with Gasteiger partial charge in [0, 0.05) is 21.7 Å². The van der Waals surface area contributed by atoms with Crippen LogP contribution in [-0.4, -0.2) is 28.5 Å². The SMILES string of the molecule is CC(=O)c1ccc2c(c1)[C@@H](NC(=O)c1cccc(Cl)c1)[C@@H](O)C(C)(C)O2. The number of hydrogen-bond donors (Lipinski definition) is 2. The Balaban J connectivity index is 2.00. The van der Waals surface area contributed by atoms with E-state index in [0.29, 0.717) is 27.5 Å². The second-order valence-electron chi connectivity index (χ2n) is 6.92. The normalized spacial score (nSPS) is 20.7. The van der Waals surface area contributed by atoms with Crippen LogP contribution in [-0.2, 0) is 0 Å². The van der Waals surface area contributed by atoms with Gasteiger partial charge in [-0.2, -0.15) is 0 Å². The van der Waals surface area contributed by atoms with Crippen LogP contribution in [0.5, 0.6) is 5.75 Å². The molecule has 1 aliphatic rings. The molecule has 2 aromatic carbocycles. The topological polar surface area (TPSA) is 75.6 Å². The standard InChI is InChI=1S/C20H20ClNO4/c1-11(23)12-7-8-16-15(10-12)17(18(24)20(2,3)26-16)22-19(25)13-5-4-6-14(21)9-13/h4-10,17-18,24H,1-3H3,(H,22,25)/t17-,18-/m1/s1. The number of rotatable bonds is 3. The van der Waals surface area contributed by atoms with E-state index >= 15 is 0 Å². The highest BCUT2D eigenvalue weighted by molar-refractivity contribution is 6.30. The number of aliphatic hydroxyl groups excluding tert-OH is 1. The fourth-order valence-corrected chi connectivity index (χ4v) is 3.22. The second-order valence-corrected chi connectivity index (χ2v) is 7.36. The van der Waals surface area contributed by atoms with Crippen molar-refractivity contribution < 1.29 is 19.4 Å². The average molecular weight is 374 g/mol. The van der Waals surface area contributed by atoms with E-state index in [1.165, 1.54) is 6.92 Å². The Kier molecular flexibility index (Phi) is 4.78. The average Bonchev–Trinajstić information content (AvgIpc) is 2.58. The third-order valence-corrected chi connectivity index (χ3v) is 4.76. The van der Waals surface area contributed by atoms with Gasteiger partial charge in [-0.05, 0) is 57.2 Å². The zero-order valence-corrected chi connectivity index (χ0v) is 15.5. The molecular formula is C20H20ClNO4. The van der Waals surface area contributed by atoms with Crippen LogP contribution in [0.3, 0.4) is 0 Å². The van der Waals surface area contributed by atoms with E-state index in [-0.39, 0.29) is 11.7 Å². The van der Waals surface area contributed by atoms with Crippen LogP contribution in [0, 0.1) is 0 Å². The monoisotopic (exact) mass is 373 g/mol. The largest absolute Gasteiger partial charge is 0.485 e. The Hall–Kier alpha value is -2.37. The molecule has 1 aliphatic heterocycles. The van der Waals surface area contributed by atoms with Crippen LogP contribution >= 0.6 is 11.6 Å². The van der Waals surface area contributed by atoms with Gasteiger partial charge in [0.15, 0.2) is 5.78 Å². The van der Waals surface area contributed by atoms with E-state index in [4.69, 9.17) is 16.3 Å². The number of nitrogens with one attached hydrogen (secondary N) is 1. The summed E-state index contributed by atoms with van der Waals surface area (Å²) in [6, 6.07) is 10.9. The number of hydrogen-bond acceptors (Lipinski definition) is 4. The number of aliphatic hydroxyl groups is 1. The molecule has 2 aromatic rings. The quantitative estimate of drug-likeness (QED) is 0.807. The summed E-state index contributed by atoms with van der Waals surface area (Å²) in [4.78, 5) is 24.4. The summed E-state index contributed by atoms with van der Waals surface area (Å²) in [5.74, 6) is 0.0576. The highest BCUT2D eigenvalue weighted by atomic mass is 35.5. The van der Waals surface area contributed by atoms with Crippen LogP contribution in [0.25, 0.3) is 0 Å². The summed E-state index contributed by atoms with van der Waals surface area (Å²) in [6.07, 6.45) is -1.000. The van der Waals surface area contributed by atoms with Gasteiger partial charge >= 0.3 is 0 Å².